The average Bonchev–Trinajstić information content (AvgIpc) is 2.27. The Labute approximate surface area is 95.7 Å². The smallest absolute Gasteiger partial charge is 0.335 e. The minimum absolute atomic E-state index is 0.400. The van der Waals surface area contributed by atoms with E-state index in [2.05, 4.69) is 18.7 Å². The third-order valence-corrected chi connectivity index (χ3v) is 3.23. The summed E-state index contributed by atoms with van der Waals surface area (Å²) in [6.45, 7) is 6.34. The van der Waals surface area contributed by atoms with E-state index in [0.717, 1.165) is 19.5 Å². The van der Waals surface area contributed by atoms with Gasteiger partial charge in [0.25, 0.3) is 0 Å². The van der Waals surface area contributed by atoms with Crippen molar-refractivity contribution < 1.29 is 9.90 Å². The van der Waals surface area contributed by atoms with Gasteiger partial charge in [0.2, 0.25) is 0 Å². The topological polar surface area (TPSA) is 40.5 Å². The summed E-state index contributed by atoms with van der Waals surface area (Å²) in [5.41, 5.74) is 2.86. The number of carboxylic acids is 1. The van der Waals surface area contributed by atoms with Crippen LogP contribution in [0.4, 0.5) is 0 Å². The highest BCUT2D eigenvalue weighted by molar-refractivity contribution is 5.87. The van der Waals surface area contributed by atoms with Crippen molar-refractivity contribution in [1.82, 2.24) is 4.90 Å². The van der Waals surface area contributed by atoms with E-state index in [9.17, 15) is 4.79 Å². The molecule has 3 heteroatoms. The molecule has 0 aromatic heterocycles. The molecule has 1 heterocycles. The van der Waals surface area contributed by atoms with Gasteiger partial charge in [-0.05, 0) is 43.5 Å². The standard InChI is InChI=1S/C13H17NO2/c1-9(2)14-6-5-10-7-11(13(15)16)3-4-12(10)8-14/h3-4,7,9H,5-6,8H2,1-2H3,(H,15,16). The highest BCUT2D eigenvalue weighted by Gasteiger charge is 2.19. The van der Waals surface area contributed by atoms with Gasteiger partial charge in [0.1, 0.15) is 0 Å². The Bertz CT molecular complexity index is 412. The lowest BCUT2D eigenvalue weighted by Gasteiger charge is -2.32. The lowest BCUT2D eigenvalue weighted by Crippen LogP contribution is -2.35. The highest BCUT2D eigenvalue weighted by atomic mass is 16.4. The lowest BCUT2D eigenvalue weighted by molar-refractivity contribution is 0.0696. The molecule has 0 aliphatic carbocycles. The first-order valence-electron chi connectivity index (χ1n) is 5.67. The van der Waals surface area contributed by atoms with E-state index in [1.165, 1.54) is 11.1 Å². The van der Waals surface area contributed by atoms with Gasteiger partial charge in [0, 0.05) is 19.1 Å². The lowest BCUT2D eigenvalue weighted by atomic mass is 9.96. The Morgan fingerprint density at radius 1 is 1.38 bits per heavy atom. The average molecular weight is 219 g/mol. The van der Waals surface area contributed by atoms with Crippen molar-refractivity contribution in [3.63, 3.8) is 0 Å². The third kappa shape index (κ3) is 2.09. The molecule has 3 nitrogen and oxygen atoms in total. The van der Waals surface area contributed by atoms with Crippen LogP contribution in [0, 0.1) is 0 Å². The molecular formula is C13H17NO2. The number of carbonyl (C=O) groups is 1. The zero-order chi connectivity index (χ0) is 11.7. The molecule has 1 aromatic rings. The molecule has 2 rings (SSSR count). The van der Waals surface area contributed by atoms with E-state index in [1.807, 2.05) is 12.1 Å². The molecule has 0 spiro atoms. The number of aromatic carboxylic acids is 1. The number of hydrogen-bond acceptors (Lipinski definition) is 2. The van der Waals surface area contributed by atoms with Crippen LogP contribution in [0.15, 0.2) is 18.2 Å². The summed E-state index contributed by atoms with van der Waals surface area (Å²) in [5, 5.41) is 8.92. The molecule has 0 amide bonds. The maximum Gasteiger partial charge on any atom is 0.335 e. The summed E-state index contributed by atoms with van der Waals surface area (Å²) >= 11 is 0. The van der Waals surface area contributed by atoms with Crippen LogP contribution in [0.2, 0.25) is 0 Å². The fourth-order valence-electron chi connectivity index (χ4n) is 2.15. The molecule has 1 aliphatic heterocycles. The quantitative estimate of drug-likeness (QED) is 0.828. The number of hydrogen-bond donors (Lipinski definition) is 1. The van der Waals surface area contributed by atoms with Gasteiger partial charge in [0.15, 0.2) is 0 Å². The van der Waals surface area contributed by atoms with Crippen molar-refractivity contribution in [2.24, 2.45) is 0 Å². The molecular weight excluding hydrogens is 202 g/mol. The third-order valence-electron chi connectivity index (χ3n) is 3.23. The Kier molecular flexibility index (Phi) is 2.97. The Morgan fingerprint density at radius 2 is 2.12 bits per heavy atom. The van der Waals surface area contributed by atoms with Crippen molar-refractivity contribution in [3.8, 4) is 0 Å². The minimum atomic E-state index is -0.839. The molecule has 0 unspecified atom stereocenters. The Morgan fingerprint density at radius 3 is 2.75 bits per heavy atom. The fraction of sp³-hybridized carbons (Fsp3) is 0.462. The summed E-state index contributed by atoms with van der Waals surface area (Å²) < 4.78 is 0. The first-order valence-corrected chi connectivity index (χ1v) is 5.67. The number of rotatable bonds is 2. The molecule has 1 aromatic carbocycles. The molecule has 16 heavy (non-hydrogen) atoms. The van der Waals surface area contributed by atoms with Gasteiger partial charge in [-0.25, -0.2) is 4.79 Å². The van der Waals surface area contributed by atoms with Gasteiger partial charge < -0.3 is 5.11 Å². The SMILES string of the molecule is CC(C)N1CCc2cc(C(=O)O)ccc2C1. The van der Waals surface area contributed by atoms with Crippen molar-refractivity contribution in [3.05, 3.63) is 34.9 Å². The van der Waals surface area contributed by atoms with Crippen LogP contribution in [0.3, 0.4) is 0 Å². The molecule has 1 N–H and O–H groups in total. The van der Waals surface area contributed by atoms with Crippen LogP contribution in [0.5, 0.6) is 0 Å². The second kappa shape index (κ2) is 4.26. The van der Waals surface area contributed by atoms with E-state index < -0.39 is 5.97 Å². The summed E-state index contributed by atoms with van der Waals surface area (Å²) in [6, 6.07) is 6.01. The van der Waals surface area contributed by atoms with Crippen molar-refractivity contribution in [2.45, 2.75) is 32.9 Å². The van der Waals surface area contributed by atoms with Gasteiger partial charge in [-0.3, -0.25) is 4.90 Å². The van der Waals surface area contributed by atoms with Gasteiger partial charge in [0.05, 0.1) is 5.56 Å². The molecule has 0 saturated heterocycles. The van der Waals surface area contributed by atoms with Gasteiger partial charge >= 0.3 is 5.97 Å². The van der Waals surface area contributed by atoms with Crippen LogP contribution >= 0.6 is 0 Å². The Hall–Kier alpha value is -1.35. The van der Waals surface area contributed by atoms with Crippen LogP contribution in [0.25, 0.3) is 0 Å². The van der Waals surface area contributed by atoms with E-state index >= 15 is 0 Å². The predicted octanol–water partition coefficient (Wildman–Crippen LogP) is 2.15. The van der Waals surface area contributed by atoms with Crippen molar-refractivity contribution in [1.29, 1.82) is 0 Å². The summed E-state index contributed by atoms with van der Waals surface area (Å²) in [6.07, 6.45) is 0.953. The number of fused-ring (bicyclic) bond motifs is 1. The van der Waals surface area contributed by atoms with E-state index in [0.29, 0.717) is 11.6 Å². The van der Waals surface area contributed by atoms with Crippen LogP contribution < -0.4 is 0 Å². The zero-order valence-electron chi connectivity index (χ0n) is 9.73. The van der Waals surface area contributed by atoms with Crippen LogP contribution in [0.1, 0.15) is 35.3 Å². The van der Waals surface area contributed by atoms with Gasteiger partial charge in [-0.15, -0.1) is 0 Å². The highest BCUT2D eigenvalue weighted by Crippen LogP contribution is 2.21. The largest absolute Gasteiger partial charge is 0.478 e. The van der Waals surface area contributed by atoms with Crippen molar-refractivity contribution in [2.75, 3.05) is 6.54 Å². The summed E-state index contributed by atoms with van der Waals surface area (Å²) in [7, 11) is 0. The summed E-state index contributed by atoms with van der Waals surface area (Å²) in [5.74, 6) is -0.839. The molecule has 86 valence electrons. The molecule has 0 atom stereocenters. The second-order valence-corrected chi connectivity index (χ2v) is 4.60. The number of carboxylic acid groups (broad SMARTS) is 1. The maximum atomic E-state index is 10.8. The van der Waals surface area contributed by atoms with Crippen LogP contribution in [-0.2, 0) is 13.0 Å². The maximum absolute atomic E-state index is 10.8. The molecule has 0 radical (unpaired) electrons. The molecule has 0 bridgehead atoms. The molecule has 1 aliphatic rings. The predicted molar refractivity (Wildman–Crippen MR) is 62.7 cm³/mol. The first kappa shape index (κ1) is 11.1. The summed E-state index contributed by atoms with van der Waals surface area (Å²) in [4.78, 5) is 13.3. The molecule has 0 saturated carbocycles. The van der Waals surface area contributed by atoms with E-state index in [-0.39, 0.29) is 0 Å². The van der Waals surface area contributed by atoms with E-state index in [1.54, 1.807) is 6.07 Å². The Balaban J connectivity index is 2.25. The number of benzene rings is 1. The van der Waals surface area contributed by atoms with Crippen LogP contribution in [-0.4, -0.2) is 28.6 Å². The monoisotopic (exact) mass is 219 g/mol. The fourth-order valence-corrected chi connectivity index (χ4v) is 2.15. The number of nitrogens with zero attached hydrogens (tertiary/aromatic N) is 1. The minimum Gasteiger partial charge on any atom is -0.478 e. The van der Waals surface area contributed by atoms with Gasteiger partial charge in [-0.2, -0.15) is 0 Å². The zero-order valence-corrected chi connectivity index (χ0v) is 9.73. The molecule has 0 fully saturated rings. The van der Waals surface area contributed by atoms with Gasteiger partial charge in [-0.1, -0.05) is 6.07 Å². The van der Waals surface area contributed by atoms with E-state index in [4.69, 9.17) is 5.11 Å². The normalized spacial score (nSPS) is 16.2. The first-order chi connectivity index (χ1) is 7.58. The second-order valence-electron chi connectivity index (χ2n) is 4.60. The van der Waals surface area contributed by atoms with Crippen molar-refractivity contribution >= 4 is 5.97 Å².